The molecule has 1 aliphatic heterocycles. The van der Waals surface area contributed by atoms with Crippen LogP contribution in [-0.2, 0) is 4.79 Å². The quantitative estimate of drug-likeness (QED) is 0.559. The van der Waals surface area contributed by atoms with Crippen LogP contribution >= 0.6 is 11.6 Å². The molecule has 32 heavy (non-hydrogen) atoms. The first-order chi connectivity index (χ1) is 15.7. The van der Waals surface area contributed by atoms with Gasteiger partial charge in [-0.2, -0.15) is 0 Å². The van der Waals surface area contributed by atoms with Gasteiger partial charge in [-0.25, -0.2) is 0 Å². The van der Waals surface area contributed by atoms with Gasteiger partial charge in [-0.15, -0.1) is 0 Å². The molecule has 1 aromatic carbocycles. The van der Waals surface area contributed by atoms with Crippen molar-refractivity contribution in [3.8, 4) is 5.75 Å². The number of hydrogen-bond acceptors (Lipinski definition) is 5. The number of hydrogen-bond donors (Lipinski definition) is 1. The minimum Gasteiger partial charge on any atom is -0.491 e. The lowest BCUT2D eigenvalue weighted by Crippen LogP contribution is -2.42. The van der Waals surface area contributed by atoms with Crippen molar-refractivity contribution in [1.82, 2.24) is 20.2 Å². The Morgan fingerprint density at radius 2 is 1.91 bits per heavy atom. The Balaban J connectivity index is 1.31. The predicted molar refractivity (Wildman–Crippen MR) is 125 cm³/mol. The van der Waals surface area contributed by atoms with Crippen LogP contribution in [-0.4, -0.2) is 47.0 Å². The summed E-state index contributed by atoms with van der Waals surface area (Å²) in [5.74, 6) is 0.843. The van der Waals surface area contributed by atoms with Crippen molar-refractivity contribution in [1.29, 1.82) is 0 Å². The molecule has 0 radical (unpaired) electrons. The van der Waals surface area contributed by atoms with Gasteiger partial charge in [0, 0.05) is 29.9 Å². The van der Waals surface area contributed by atoms with Crippen molar-refractivity contribution < 1.29 is 9.53 Å². The molecule has 0 aliphatic carbocycles. The van der Waals surface area contributed by atoms with E-state index in [4.69, 9.17) is 16.3 Å². The largest absolute Gasteiger partial charge is 0.491 e. The zero-order chi connectivity index (χ0) is 22.2. The Labute approximate surface area is 193 Å². The Morgan fingerprint density at radius 1 is 1.09 bits per heavy atom. The van der Waals surface area contributed by atoms with Crippen molar-refractivity contribution in [3.63, 3.8) is 0 Å². The fourth-order valence-electron chi connectivity index (χ4n) is 3.93. The molecule has 1 aliphatic rings. The number of aromatic nitrogens is 2. The van der Waals surface area contributed by atoms with Gasteiger partial charge in [0.15, 0.2) is 0 Å². The third kappa shape index (κ3) is 6.05. The number of amides is 1. The van der Waals surface area contributed by atoms with E-state index in [0.717, 1.165) is 49.5 Å². The summed E-state index contributed by atoms with van der Waals surface area (Å²) in [5, 5.41) is 3.89. The molecule has 0 spiro atoms. The number of nitrogens with one attached hydrogen (secondary N) is 1. The molecule has 0 saturated carbocycles. The van der Waals surface area contributed by atoms with Gasteiger partial charge in [0.05, 0.1) is 17.9 Å². The van der Waals surface area contributed by atoms with Crippen LogP contribution in [0.15, 0.2) is 73.2 Å². The minimum absolute atomic E-state index is 0.0102. The Morgan fingerprint density at radius 3 is 2.59 bits per heavy atom. The number of halogens is 1. The highest BCUT2D eigenvalue weighted by molar-refractivity contribution is 6.30. The third-order valence-corrected chi connectivity index (χ3v) is 5.99. The van der Waals surface area contributed by atoms with E-state index >= 15 is 0 Å². The molecular formula is C25H27ClN4O2. The number of likely N-dealkylation sites (tertiary alicyclic amines) is 1. The summed E-state index contributed by atoms with van der Waals surface area (Å²) < 4.78 is 5.74. The maximum absolute atomic E-state index is 13.1. The lowest BCUT2D eigenvalue weighted by Gasteiger charge is -2.32. The summed E-state index contributed by atoms with van der Waals surface area (Å²) in [6.45, 7) is 3.21. The number of piperidine rings is 1. The van der Waals surface area contributed by atoms with Gasteiger partial charge < -0.3 is 10.1 Å². The van der Waals surface area contributed by atoms with Gasteiger partial charge >= 0.3 is 0 Å². The highest BCUT2D eigenvalue weighted by Gasteiger charge is 2.27. The lowest BCUT2D eigenvalue weighted by atomic mass is 9.94. The fraction of sp³-hybridized carbons (Fsp3) is 0.320. The van der Waals surface area contributed by atoms with Crippen molar-refractivity contribution in [3.05, 3.63) is 89.5 Å². The zero-order valence-corrected chi connectivity index (χ0v) is 18.6. The van der Waals surface area contributed by atoms with Gasteiger partial charge in [0.1, 0.15) is 12.4 Å². The second-order valence-electron chi connectivity index (χ2n) is 7.90. The molecule has 1 unspecified atom stereocenters. The summed E-state index contributed by atoms with van der Waals surface area (Å²) in [4.78, 5) is 24.0. The summed E-state index contributed by atoms with van der Waals surface area (Å²) in [6, 6.07) is 16.8. The number of carbonyl (C=O) groups is 1. The first-order valence-corrected chi connectivity index (χ1v) is 11.3. The van der Waals surface area contributed by atoms with E-state index in [0.29, 0.717) is 11.6 Å². The molecule has 1 amide bonds. The molecule has 166 valence electrons. The van der Waals surface area contributed by atoms with Gasteiger partial charge in [-0.05, 0) is 67.9 Å². The van der Waals surface area contributed by atoms with E-state index in [1.807, 2.05) is 54.6 Å². The number of benzene rings is 1. The predicted octanol–water partition coefficient (Wildman–Crippen LogP) is 4.13. The number of rotatable bonds is 8. The monoisotopic (exact) mass is 450 g/mol. The Kier molecular flexibility index (Phi) is 7.69. The molecule has 1 fully saturated rings. The molecule has 2 aromatic heterocycles. The molecule has 4 rings (SSSR count). The van der Waals surface area contributed by atoms with Crippen LogP contribution in [0.25, 0.3) is 0 Å². The van der Waals surface area contributed by atoms with Crippen molar-refractivity contribution in [2.24, 2.45) is 5.92 Å². The summed E-state index contributed by atoms with van der Waals surface area (Å²) >= 11 is 6.05. The number of nitrogens with zero attached hydrogens (tertiary/aromatic N) is 3. The van der Waals surface area contributed by atoms with E-state index in [1.165, 1.54) is 0 Å². The Hall–Kier alpha value is -2.96. The second kappa shape index (κ2) is 11.1. The van der Waals surface area contributed by atoms with E-state index in [1.54, 1.807) is 18.6 Å². The molecule has 3 aromatic rings. The van der Waals surface area contributed by atoms with Crippen LogP contribution in [0.3, 0.4) is 0 Å². The number of carbonyl (C=O) groups excluding carboxylic acids is 1. The molecule has 1 atom stereocenters. The van der Waals surface area contributed by atoms with Crippen LogP contribution in [0.2, 0.25) is 5.02 Å². The highest BCUT2D eigenvalue weighted by atomic mass is 35.5. The highest BCUT2D eigenvalue weighted by Crippen LogP contribution is 2.24. The van der Waals surface area contributed by atoms with E-state index in [2.05, 4.69) is 20.2 Å². The van der Waals surface area contributed by atoms with E-state index < -0.39 is 0 Å². The minimum atomic E-state index is -0.299. The summed E-state index contributed by atoms with van der Waals surface area (Å²) in [6.07, 6.45) is 6.85. The van der Waals surface area contributed by atoms with Crippen molar-refractivity contribution >= 4 is 17.5 Å². The topological polar surface area (TPSA) is 67.4 Å². The van der Waals surface area contributed by atoms with Gasteiger partial charge in [-0.1, -0.05) is 29.8 Å². The number of pyridine rings is 2. The third-order valence-electron chi connectivity index (χ3n) is 5.74. The van der Waals surface area contributed by atoms with Gasteiger partial charge in [0.2, 0.25) is 5.91 Å². The average Bonchev–Trinajstić information content (AvgIpc) is 2.85. The lowest BCUT2D eigenvalue weighted by molar-refractivity contribution is -0.127. The zero-order valence-electron chi connectivity index (χ0n) is 17.9. The SMILES string of the molecule is O=C(NC(c1ccc(Cl)cc1)c1ccccn1)C1CCN(CCOc2cccnc2)CC1. The maximum atomic E-state index is 13.1. The average molecular weight is 451 g/mol. The van der Waals surface area contributed by atoms with Crippen LogP contribution < -0.4 is 10.1 Å². The maximum Gasteiger partial charge on any atom is 0.224 e. The Bertz CT molecular complexity index is 978. The van der Waals surface area contributed by atoms with Crippen molar-refractivity contribution in [2.75, 3.05) is 26.2 Å². The second-order valence-corrected chi connectivity index (χ2v) is 8.34. The van der Waals surface area contributed by atoms with Crippen LogP contribution in [0, 0.1) is 5.92 Å². The van der Waals surface area contributed by atoms with Crippen LogP contribution in [0.4, 0.5) is 0 Å². The van der Waals surface area contributed by atoms with Crippen LogP contribution in [0.5, 0.6) is 5.75 Å². The molecule has 3 heterocycles. The fourth-order valence-corrected chi connectivity index (χ4v) is 4.06. The smallest absolute Gasteiger partial charge is 0.224 e. The van der Waals surface area contributed by atoms with Crippen LogP contribution in [0.1, 0.15) is 30.1 Å². The van der Waals surface area contributed by atoms with Crippen molar-refractivity contribution in [2.45, 2.75) is 18.9 Å². The molecule has 6 nitrogen and oxygen atoms in total. The first-order valence-electron chi connectivity index (χ1n) is 10.9. The molecule has 7 heteroatoms. The summed E-state index contributed by atoms with van der Waals surface area (Å²) in [7, 11) is 0. The van der Waals surface area contributed by atoms with E-state index in [9.17, 15) is 4.79 Å². The first kappa shape index (κ1) is 22.2. The normalized spacial score (nSPS) is 15.8. The van der Waals surface area contributed by atoms with E-state index in [-0.39, 0.29) is 17.9 Å². The molecule has 1 N–H and O–H groups in total. The summed E-state index contributed by atoms with van der Waals surface area (Å²) in [5.41, 5.74) is 1.78. The molecule has 0 bridgehead atoms. The molecular weight excluding hydrogens is 424 g/mol. The molecule has 1 saturated heterocycles. The van der Waals surface area contributed by atoms with Gasteiger partial charge in [-0.3, -0.25) is 19.7 Å². The van der Waals surface area contributed by atoms with Gasteiger partial charge in [0.25, 0.3) is 0 Å². The number of ether oxygens (including phenoxy) is 1. The standard InChI is InChI=1S/C25H27ClN4O2/c26-21-8-6-19(7-9-21)24(23-5-1-2-13-28-23)29-25(31)20-10-14-30(15-11-20)16-17-32-22-4-3-12-27-18-22/h1-9,12-13,18,20,24H,10-11,14-17H2,(H,29,31).